The summed E-state index contributed by atoms with van der Waals surface area (Å²) in [6, 6.07) is 9.21. The van der Waals surface area contributed by atoms with Gasteiger partial charge in [0.25, 0.3) is 0 Å². The Hall–Kier alpha value is -0.380. The molecular weight excluding hydrogens is 470 g/mol. The van der Waals surface area contributed by atoms with Crippen molar-refractivity contribution >= 4 is 49.0 Å². The molecule has 0 bridgehead atoms. The van der Waals surface area contributed by atoms with Crippen molar-refractivity contribution in [3.05, 3.63) is 35.9 Å². The highest BCUT2D eigenvalue weighted by molar-refractivity contribution is 15.0. The van der Waals surface area contributed by atoms with Gasteiger partial charge in [0.2, 0.25) is 11.8 Å². The summed E-state index contributed by atoms with van der Waals surface area (Å²) in [5.41, 5.74) is 1.04. The van der Waals surface area contributed by atoms with Crippen molar-refractivity contribution in [3.8, 4) is 0 Å². The van der Waals surface area contributed by atoms with Crippen molar-refractivity contribution in [2.75, 3.05) is 0 Å². The monoisotopic (exact) mass is 488 g/mol. The standard InChI is InChI=1S/C13H18N2O2.I2/c1-3-12(15-10(2)16)13(17)14-9-11-7-5-4-6-8-11;1-2/h4-8,12H,3,9H2,1-2H3,(H,14,17)(H,15,16);. The maximum Gasteiger partial charge on any atom is 0.242 e. The van der Waals surface area contributed by atoms with Crippen LogP contribution in [0.15, 0.2) is 30.3 Å². The van der Waals surface area contributed by atoms with Crippen molar-refractivity contribution in [1.29, 1.82) is 0 Å². The van der Waals surface area contributed by atoms with Crippen LogP contribution in [0.3, 0.4) is 0 Å². The van der Waals surface area contributed by atoms with E-state index in [1.54, 1.807) is 0 Å². The van der Waals surface area contributed by atoms with Crippen LogP contribution in [-0.4, -0.2) is 17.9 Å². The molecule has 0 radical (unpaired) electrons. The molecule has 19 heavy (non-hydrogen) atoms. The van der Waals surface area contributed by atoms with Crippen molar-refractivity contribution < 1.29 is 9.59 Å². The SMILES string of the molecule is CCC(NC(C)=O)C(=O)NCc1ccccc1.II. The first-order chi connectivity index (χ1) is 9.13. The number of benzene rings is 1. The number of amides is 2. The summed E-state index contributed by atoms with van der Waals surface area (Å²) in [4.78, 5) is 22.7. The first-order valence-electron chi connectivity index (χ1n) is 5.86. The zero-order valence-electron chi connectivity index (χ0n) is 11.0. The average Bonchev–Trinajstić information content (AvgIpc) is 2.45. The molecule has 106 valence electrons. The van der Waals surface area contributed by atoms with Crippen LogP contribution in [0.5, 0.6) is 0 Å². The molecule has 0 saturated carbocycles. The molecule has 0 heterocycles. The van der Waals surface area contributed by atoms with Crippen LogP contribution >= 0.6 is 37.2 Å². The van der Waals surface area contributed by atoms with Gasteiger partial charge in [0.05, 0.1) is 0 Å². The number of rotatable bonds is 5. The van der Waals surface area contributed by atoms with Crippen LogP contribution in [-0.2, 0) is 16.1 Å². The fourth-order valence-corrected chi connectivity index (χ4v) is 1.51. The van der Waals surface area contributed by atoms with Gasteiger partial charge in [-0.2, -0.15) is 0 Å². The van der Waals surface area contributed by atoms with Gasteiger partial charge < -0.3 is 10.6 Å². The summed E-state index contributed by atoms with van der Waals surface area (Å²) in [6.07, 6.45) is 0.584. The molecule has 0 saturated heterocycles. The molecule has 0 aliphatic carbocycles. The molecule has 0 aliphatic heterocycles. The van der Waals surface area contributed by atoms with Crippen LogP contribution in [0.4, 0.5) is 0 Å². The minimum atomic E-state index is -0.448. The van der Waals surface area contributed by atoms with Crippen LogP contribution in [0, 0.1) is 0 Å². The summed E-state index contributed by atoms with van der Waals surface area (Å²) in [5, 5.41) is 5.42. The summed E-state index contributed by atoms with van der Waals surface area (Å²) < 4.78 is 0. The molecule has 2 N–H and O–H groups in total. The highest BCUT2D eigenvalue weighted by atomic mass is 128. The van der Waals surface area contributed by atoms with E-state index >= 15 is 0 Å². The second kappa shape index (κ2) is 11.4. The van der Waals surface area contributed by atoms with E-state index in [1.807, 2.05) is 37.3 Å². The molecule has 1 unspecified atom stereocenters. The van der Waals surface area contributed by atoms with Gasteiger partial charge >= 0.3 is 0 Å². The van der Waals surface area contributed by atoms with Crippen molar-refractivity contribution in [3.63, 3.8) is 0 Å². The van der Waals surface area contributed by atoms with E-state index in [0.717, 1.165) is 5.56 Å². The number of nitrogens with one attached hydrogen (secondary N) is 2. The number of carbonyl (C=O) groups excluding carboxylic acids is 2. The van der Waals surface area contributed by atoms with Gasteiger partial charge in [0.1, 0.15) is 6.04 Å². The second-order valence-corrected chi connectivity index (χ2v) is 3.86. The van der Waals surface area contributed by atoms with Gasteiger partial charge in [0, 0.05) is 50.7 Å². The lowest BCUT2D eigenvalue weighted by Crippen LogP contribution is -2.45. The minimum absolute atomic E-state index is 0.147. The highest BCUT2D eigenvalue weighted by Gasteiger charge is 2.16. The van der Waals surface area contributed by atoms with E-state index in [4.69, 9.17) is 0 Å². The van der Waals surface area contributed by atoms with Gasteiger partial charge in [-0.15, -0.1) is 0 Å². The molecule has 1 atom stereocenters. The summed E-state index contributed by atoms with van der Waals surface area (Å²) in [6.45, 7) is 3.76. The van der Waals surface area contributed by atoms with Crippen LogP contribution in [0.25, 0.3) is 0 Å². The third kappa shape index (κ3) is 8.40. The zero-order chi connectivity index (χ0) is 14.7. The van der Waals surface area contributed by atoms with Gasteiger partial charge in [0.15, 0.2) is 0 Å². The van der Waals surface area contributed by atoms with E-state index < -0.39 is 6.04 Å². The zero-order valence-corrected chi connectivity index (χ0v) is 15.3. The first-order valence-corrected chi connectivity index (χ1v) is 12.1. The maximum absolute atomic E-state index is 11.8. The Morgan fingerprint density at radius 1 is 1.21 bits per heavy atom. The fraction of sp³-hybridized carbons (Fsp3) is 0.385. The molecule has 0 aromatic heterocycles. The number of hydrogen-bond acceptors (Lipinski definition) is 2. The smallest absolute Gasteiger partial charge is 0.242 e. The van der Waals surface area contributed by atoms with E-state index in [2.05, 4.69) is 47.9 Å². The van der Waals surface area contributed by atoms with Crippen molar-refractivity contribution in [2.24, 2.45) is 0 Å². The Balaban J connectivity index is 0.00000154. The Bertz CT molecular complexity index is 385. The Kier molecular flexibility index (Phi) is 11.2. The van der Waals surface area contributed by atoms with Crippen LogP contribution in [0.1, 0.15) is 25.8 Å². The molecular formula is C13H18I2N2O2. The largest absolute Gasteiger partial charge is 0.350 e. The summed E-state index contributed by atoms with van der Waals surface area (Å²) >= 11 is 4.24. The first kappa shape index (κ1) is 18.6. The lowest BCUT2D eigenvalue weighted by molar-refractivity contribution is -0.128. The van der Waals surface area contributed by atoms with Crippen LogP contribution < -0.4 is 10.6 Å². The van der Waals surface area contributed by atoms with Gasteiger partial charge in [-0.25, -0.2) is 0 Å². The van der Waals surface area contributed by atoms with Gasteiger partial charge in [-0.1, -0.05) is 37.3 Å². The Morgan fingerprint density at radius 2 is 1.79 bits per heavy atom. The molecule has 0 fully saturated rings. The topological polar surface area (TPSA) is 58.2 Å². The van der Waals surface area contributed by atoms with Crippen LogP contribution in [0.2, 0.25) is 0 Å². The molecule has 1 aromatic carbocycles. The van der Waals surface area contributed by atoms with Crippen molar-refractivity contribution in [1.82, 2.24) is 10.6 Å². The van der Waals surface area contributed by atoms with Gasteiger partial charge in [-0.3, -0.25) is 9.59 Å². The third-order valence-corrected chi connectivity index (χ3v) is 2.41. The molecule has 6 heteroatoms. The van der Waals surface area contributed by atoms with E-state index in [9.17, 15) is 9.59 Å². The lowest BCUT2D eigenvalue weighted by Gasteiger charge is -2.15. The lowest BCUT2D eigenvalue weighted by atomic mass is 10.2. The highest BCUT2D eigenvalue weighted by Crippen LogP contribution is 1.98. The predicted molar refractivity (Wildman–Crippen MR) is 94.2 cm³/mol. The third-order valence-electron chi connectivity index (χ3n) is 2.41. The number of hydrogen-bond donors (Lipinski definition) is 2. The normalized spacial score (nSPS) is 10.7. The van der Waals surface area contributed by atoms with Crippen molar-refractivity contribution in [2.45, 2.75) is 32.9 Å². The minimum Gasteiger partial charge on any atom is -0.350 e. The summed E-state index contributed by atoms with van der Waals surface area (Å²) in [5.74, 6) is -0.335. The number of halogens is 2. The summed E-state index contributed by atoms with van der Waals surface area (Å²) in [7, 11) is 0. The van der Waals surface area contributed by atoms with Gasteiger partial charge in [-0.05, 0) is 12.0 Å². The molecule has 0 spiro atoms. The molecule has 1 aromatic rings. The van der Waals surface area contributed by atoms with E-state index in [1.165, 1.54) is 6.92 Å². The molecule has 1 rings (SSSR count). The maximum atomic E-state index is 11.8. The van der Waals surface area contributed by atoms with E-state index in [-0.39, 0.29) is 11.8 Å². The Labute approximate surface area is 137 Å². The second-order valence-electron chi connectivity index (χ2n) is 3.86. The number of carbonyl (C=O) groups is 2. The molecule has 2 amide bonds. The van der Waals surface area contributed by atoms with E-state index in [0.29, 0.717) is 13.0 Å². The average molecular weight is 488 g/mol. The molecule has 4 nitrogen and oxygen atoms in total. The molecule has 0 aliphatic rings. The quantitative estimate of drug-likeness (QED) is 0.627. The Morgan fingerprint density at radius 3 is 2.26 bits per heavy atom. The fourth-order valence-electron chi connectivity index (χ4n) is 1.51. The predicted octanol–water partition coefficient (Wildman–Crippen LogP) is 2.99.